The van der Waals surface area contributed by atoms with Crippen molar-refractivity contribution in [2.24, 2.45) is 5.92 Å². The number of benzene rings is 2. The Morgan fingerprint density at radius 1 is 1.00 bits per heavy atom. The van der Waals surface area contributed by atoms with Gasteiger partial charge < -0.3 is 20.7 Å². The van der Waals surface area contributed by atoms with Gasteiger partial charge in [0.05, 0.1) is 18.8 Å². The van der Waals surface area contributed by atoms with Crippen molar-refractivity contribution >= 4 is 28.9 Å². The highest BCUT2D eigenvalue weighted by molar-refractivity contribution is 5.95. The van der Waals surface area contributed by atoms with Crippen molar-refractivity contribution in [3.05, 3.63) is 48.0 Å². The molecule has 0 bridgehead atoms. The van der Waals surface area contributed by atoms with E-state index in [0.717, 1.165) is 16.9 Å². The number of ether oxygens (including phenoxy) is 1. The number of anilines is 3. The molecule has 0 aromatic heterocycles. The Bertz CT molecular complexity index is 818. The molecule has 2 rings (SSSR count). The zero-order valence-corrected chi connectivity index (χ0v) is 17.0. The van der Waals surface area contributed by atoms with Crippen molar-refractivity contribution in [1.29, 1.82) is 0 Å². The average molecular weight is 383 g/mol. The van der Waals surface area contributed by atoms with Crippen LogP contribution in [0.2, 0.25) is 0 Å². The van der Waals surface area contributed by atoms with Gasteiger partial charge in [-0.1, -0.05) is 39.0 Å². The van der Waals surface area contributed by atoms with E-state index in [0.29, 0.717) is 30.4 Å². The molecule has 0 spiro atoms. The second-order valence-electron chi connectivity index (χ2n) is 7.03. The third kappa shape index (κ3) is 6.61. The minimum Gasteiger partial charge on any atom is -0.491 e. The molecule has 0 aliphatic heterocycles. The summed E-state index contributed by atoms with van der Waals surface area (Å²) in [7, 11) is 0. The number of para-hydroxylation sites is 2. The third-order valence-corrected chi connectivity index (χ3v) is 4.02. The molecule has 2 aromatic carbocycles. The van der Waals surface area contributed by atoms with Gasteiger partial charge in [-0.2, -0.15) is 0 Å². The summed E-state index contributed by atoms with van der Waals surface area (Å²) in [6.45, 7) is 8.56. The first-order valence-electron chi connectivity index (χ1n) is 9.55. The van der Waals surface area contributed by atoms with Crippen LogP contribution in [-0.4, -0.2) is 25.0 Å². The first-order chi connectivity index (χ1) is 13.4. The molecule has 0 saturated heterocycles. The number of hydrogen-bond acceptors (Lipinski definition) is 4. The van der Waals surface area contributed by atoms with E-state index in [-0.39, 0.29) is 18.4 Å². The number of rotatable bonds is 9. The largest absolute Gasteiger partial charge is 0.491 e. The molecule has 0 fully saturated rings. The summed E-state index contributed by atoms with van der Waals surface area (Å²) in [6.07, 6.45) is 0.414. The lowest BCUT2D eigenvalue weighted by Crippen LogP contribution is -2.22. The molecule has 0 saturated carbocycles. The number of aryl methyl sites for hydroxylation is 1. The van der Waals surface area contributed by atoms with Crippen molar-refractivity contribution in [3.63, 3.8) is 0 Å². The highest BCUT2D eigenvalue weighted by atomic mass is 16.5. The maximum atomic E-state index is 12.4. The fourth-order valence-corrected chi connectivity index (χ4v) is 2.43. The van der Waals surface area contributed by atoms with E-state index in [9.17, 15) is 9.59 Å². The smallest absolute Gasteiger partial charge is 0.243 e. The number of carbonyl (C=O) groups excluding carboxylic acids is 2. The van der Waals surface area contributed by atoms with Crippen LogP contribution in [0, 0.1) is 12.8 Å². The Hall–Kier alpha value is -3.02. The van der Waals surface area contributed by atoms with Crippen molar-refractivity contribution in [2.45, 2.75) is 34.1 Å². The lowest BCUT2D eigenvalue weighted by molar-refractivity contribution is -0.116. The van der Waals surface area contributed by atoms with Crippen molar-refractivity contribution < 1.29 is 14.3 Å². The van der Waals surface area contributed by atoms with E-state index in [1.54, 1.807) is 6.92 Å². The highest BCUT2D eigenvalue weighted by Gasteiger charge is 2.09. The Morgan fingerprint density at radius 3 is 2.43 bits per heavy atom. The van der Waals surface area contributed by atoms with E-state index >= 15 is 0 Å². The minimum atomic E-state index is -0.180. The van der Waals surface area contributed by atoms with Gasteiger partial charge in [0.25, 0.3) is 0 Å². The van der Waals surface area contributed by atoms with E-state index in [4.69, 9.17) is 4.74 Å². The molecule has 150 valence electrons. The standard InChI is InChI=1S/C22H29N3O3/c1-5-21(26)25-19-12-17(11-10-16(19)4)23-13-22(27)24-18-8-6-7-9-20(18)28-14-15(2)3/h6-12,15,23H,5,13-14H2,1-4H3,(H,24,27)(H,25,26). The monoisotopic (exact) mass is 383 g/mol. The van der Waals surface area contributed by atoms with Gasteiger partial charge in [0.15, 0.2) is 0 Å². The molecule has 2 aromatic rings. The van der Waals surface area contributed by atoms with Gasteiger partial charge in [-0.3, -0.25) is 9.59 Å². The van der Waals surface area contributed by atoms with Crippen molar-refractivity contribution in [3.8, 4) is 5.75 Å². The number of amides is 2. The fraction of sp³-hybridized carbons (Fsp3) is 0.364. The summed E-state index contributed by atoms with van der Waals surface area (Å²) >= 11 is 0. The predicted molar refractivity (Wildman–Crippen MR) is 114 cm³/mol. The molecule has 0 atom stereocenters. The van der Waals surface area contributed by atoms with Crippen LogP contribution >= 0.6 is 0 Å². The molecule has 3 N–H and O–H groups in total. The molecular weight excluding hydrogens is 354 g/mol. The SMILES string of the molecule is CCC(=O)Nc1cc(NCC(=O)Nc2ccccc2OCC(C)C)ccc1C. The van der Waals surface area contributed by atoms with Gasteiger partial charge >= 0.3 is 0 Å². The molecule has 6 nitrogen and oxygen atoms in total. The molecule has 0 unspecified atom stereocenters. The number of nitrogens with one attached hydrogen (secondary N) is 3. The molecule has 0 aliphatic rings. The fourth-order valence-electron chi connectivity index (χ4n) is 2.43. The molecular formula is C22H29N3O3. The average Bonchev–Trinajstić information content (AvgIpc) is 2.67. The maximum absolute atomic E-state index is 12.4. The second-order valence-corrected chi connectivity index (χ2v) is 7.03. The van der Waals surface area contributed by atoms with Crippen LogP contribution in [0.15, 0.2) is 42.5 Å². The minimum absolute atomic E-state index is 0.0454. The van der Waals surface area contributed by atoms with Gasteiger partial charge in [-0.25, -0.2) is 0 Å². The first-order valence-corrected chi connectivity index (χ1v) is 9.55. The number of carbonyl (C=O) groups is 2. The van der Waals surface area contributed by atoms with Crippen LogP contribution in [0.3, 0.4) is 0 Å². The molecule has 28 heavy (non-hydrogen) atoms. The van der Waals surface area contributed by atoms with Gasteiger partial charge in [-0.05, 0) is 42.7 Å². The molecule has 0 heterocycles. The second kappa shape index (κ2) is 10.3. The molecule has 0 radical (unpaired) electrons. The van der Waals surface area contributed by atoms with Crippen LogP contribution in [0.25, 0.3) is 0 Å². The van der Waals surface area contributed by atoms with Crippen molar-refractivity contribution in [1.82, 2.24) is 0 Å². The lowest BCUT2D eigenvalue weighted by atomic mass is 10.1. The Balaban J connectivity index is 1.96. The van der Waals surface area contributed by atoms with Gasteiger partial charge in [0, 0.05) is 17.8 Å². The Labute approximate surface area is 166 Å². The Kier molecular flexibility index (Phi) is 7.87. The van der Waals surface area contributed by atoms with E-state index < -0.39 is 0 Å². The molecule has 0 aliphatic carbocycles. The van der Waals surface area contributed by atoms with Crippen molar-refractivity contribution in [2.75, 3.05) is 29.1 Å². The summed E-state index contributed by atoms with van der Waals surface area (Å²) in [5.74, 6) is 0.829. The van der Waals surface area contributed by atoms with Gasteiger partial charge in [0.1, 0.15) is 5.75 Å². The quantitative estimate of drug-likeness (QED) is 0.598. The summed E-state index contributed by atoms with van der Waals surface area (Å²) in [5, 5.41) is 8.83. The van der Waals surface area contributed by atoms with Crippen LogP contribution in [0.5, 0.6) is 5.75 Å². The Morgan fingerprint density at radius 2 is 1.71 bits per heavy atom. The zero-order valence-electron chi connectivity index (χ0n) is 17.0. The van der Waals surface area contributed by atoms with E-state index in [1.165, 1.54) is 0 Å². The summed E-state index contributed by atoms with van der Waals surface area (Å²) in [4.78, 5) is 24.0. The summed E-state index contributed by atoms with van der Waals surface area (Å²) < 4.78 is 5.76. The number of hydrogen-bond donors (Lipinski definition) is 3. The summed E-state index contributed by atoms with van der Waals surface area (Å²) in [5.41, 5.74) is 3.11. The van der Waals surface area contributed by atoms with Crippen LogP contribution in [-0.2, 0) is 9.59 Å². The highest BCUT2D eigenvalue weighted by Crippen LogP contribution is 2.24. The topological polar surface area (TPSA) is 79.5 Å². The summed E-state index contributed by atoms with van der Waals surface area (Å²) in [6, 6.07) is 13.0. The van der Waals surface area contributed by atoms with E-state index in [2.05, 4.69) is 29.8 Å². The molecule has 2 amide bonds. The zero-order chi connectivity index (χ0) is 20.5. The lowest BCUT2D eigenvalue weighted by Gasteiger charge is -2.15. The van der Waals surface area contributed by atoms with Crippen LogP contribution in [0.1, 0.15) is 32.8 Å². The van der Waals surface area contributed by atoms with Crippen LogP contribution in [0.4, 0.5) is 17.1 Å². The maximum Gasteiger partial charge on any atom is 0.243 e. The van der Waals surface area contributed by atoms with Gasteiger partial charge in [-0.15, -0.1) is 0 Å². The first kappa shape index (κ1) is 21.3. The normalized spacial score (nSPS) is 10.5. The van der Waals surface area contributed by atoms with Gasteiger partial charge in [0.2, 0.25) is 11.8 Å². The van der Waals surface area contributed by atoms with E-state index in [1.807, 2.05) is 49.4 Å². The third-order valence-electron chi connectivity index (χ3n) is 4.02. The van der Waals surface area contributed by atoms with Crippen LogP contribution < -0.4 is 20.7 Å². The predicted octanol–water partition coefficient (Wildman–Crippen LogP) is 4.43. The molecule has 6 heteroatoms.